The van der Waals surface area contributed by atoms with E-state index in [1.807, 2.05) is 30.3 Å². The van der Waals surface area contributed by atoms with Crippen LogP contribution < -0.4 is 15.4 Å². The molecule has 0 unspecified atom stereocenters. The standard InChI is InChI=1S/C21H19N3O3S/c1-3-12-8-10-13(11-9-12)24-19(25)16-17(14-6-4-5-7-15(14)27-2)23-21(22)28-18(16)20(24)26/h4-11,17H,3H2,1-2H3,(H2,22,23)/t17-/m0/s1. The van der Waals surface area contributed by atoms with Crippen LogP contribution in [-0.2, 0) is 16.0 Å². The second kappa shape index (κ2) is 7.16. The number of imide groups is 1. The Kier molecular flexibility index (Phi) is 4.68. The van der Waals surface area contributed by atoms with E-state index in [1.54, 1.807) is 25.3 Å². The molecule has 0 saturated carbocycles. The fourth-order valence-electron chi connectivity index (χ4n) is 3.42. The number of benzene rings is 2. The Hall–Kier alpha value is -3.06. The lowest BCUT2D eigenvalue weighted by atomic mass is 9.98. The molecule has 2 heterocycles. The van der Waals surface area contributed by atoms with Crippen molar-refractivity contribution in [1.29, 1.82) is 0 Å². The zero-order valence-corrected chi connectivity index (χ0v) is 16.3. The van der Waals surface area contributed by atoms with Crippen LogP contribution in [0.4, 0.5) is 5.69 Å². The topological polar surface area (TPSA) is 85.0 Å². The number of nitrogens with two attached hydrogens (primary N) is 1. The van der Waals surface area contributed by atoms with Gasteiger partial charge in [-0.3, -0.25) is 9.59 Å². The van der Waals surface area contributed by atoms with Gasteiger partial charge in [0.15, 0.2) is 5.17 Å². The van der Waals surface area contributed by atoms with Crippen LogP contribution in [0.25, 0.3) is 0 Å². The zero-order chi connectivity index (χ0) is 19.8. The summed E-state index contributed by atoms with van der Waals surface area (Å²) in [7, 11) is 1.56. The molecule has 2 aliphatic rings. The van der Waals surface area contributed by atoms with Gasteiger partial charge in [-0.15, -0.1) is 0 Å². The van der Waals surface area contributed by atoms with E-state index in [4.69, 9.17) is 10.5 Å². The second-order valence-corrected chi connectivity index (χ2v) is 7.45. The first-order chi connectivity index (χ1) is 13.5. The third-order valence-electron chi connectivity index (χ3n) is 4.85. The van der Waals surface area contributed by atoms with Crippen molar-refractivity contribution in [3.63, 3.8) is 0 Å². The molecule has 0 fully saturated rings. The number of hydrogen-bond donors (Lipinski definition) is 1. The van der Waals surface area contributed by atoms with Gasteiger partial charge in [0.25, 0.3) is 11.8 Å². The summed E-state index contributed by atoms with van der Waals surface area (Å²) >= 11 is 1.04. The molecule has 0 radical (unpaired) electrons. The maximum absolute atomic E-state index is 13.3. The number of ether oxygens (including phenoxy) is 1. The van der Waals surface area contributed by atoms with Crippen molar-refractivity contribution >= 4 is 34.4 Å². The Labute approximate surface area is 167 Å². The van der Waals surface area contributed by atoms with Gasteiger partial charge in [0.1, 0.15) is 11.8 Å². The van der Waals surface area contributed by atoms with Gasteiger partial charge in [0.05, 0.1) is 23.3 Å². The van der Waals surface area contributed by atoms with Crippen molar-refractivity contribution in [2.24, 2.45) is 10.7 Å². The lowest BCUT2D eigenvalue weighted by molar-refractivity contribution is -0.120. The summed E-state index contributed by atoms with van der Waals surface area (Å²) in [5.41, 5.74) is 8.71. The Morgan fingerprint density at radius 2 is 1.82 bits per heavy atom. The van der Waals surface area contributed by atoms with Gasteiger partial charge in [0, 0.05) is 5.56 Å². The number of hydrogen-bond acceptors (Lipinski definition) is 6. The minimum absolute atomic E-state index is 0.249. The molecule has 0 saturated heterocycles. The molecule has 4 rings (SSSR count). The van der Waals surface area contributed by atoms with Gasteiger partial charge in [-0.25, -0.2) is 9.89 Å². The lowest BCUT2D eigenvalue weighted by Crippen LogP contribution is -2.31. The second-order valence-electron chi connectivity index (χ2n) is 6.42. The number of amides is 2. The van der Waals surface area contributed by atoms with Gasteiger partial charge in [-0.05, 0) is 41.9 Å². The fraction of sp³-hybridized carbons (Fsp3) is 0.190. The van der Waals surface area contributed by atoms with Crippen LogP contribution in [0.15, 0.2) is 64.0 Å². The number of carbonyl (C=O) groups excluding carboxylic acids is 2. The first kappa shape index (κ1) is 18.3. The molecule has 1 atom stereocenters. The van der Waals surface area contributed by atoms with E-state index in [1.165, 1.54) is 4.90 Å². The van der Waals surface area contributed by atoms with Crippen LogP contribution in [0, 0.1) is 0 Å². The van der Waals surface area contributed by atoms with E-state index in [0.717, 1.165) is 23.7 Å². The number of methoxy groups -OCH3 is 1. The summed E-state index contributed by atoms with van der Waals surface area (Å²) in [5.74, 6) is -0.148. The Balaban J connectivity index is 1.78. The summed E-state index contributed by atoms with van der Waals surface area (Å²) < 4.78 is 5.43. The van der Waals surface area contributed by atoms with Crippen LogP contribution in [-0.4, -0.2) is 24.1 Å². The van der Waals surface area contributed by atoms with Gasteiger partial charge in [-0.1, -0.05) is 37.3 Å². The third kappa shape index (κ3) is 2.88. The van der Waals surface area contributed by atoms with E-state index in [2.05, 4.69) is 11.9 Å². The normalized spacial score (nSPS) is 19.0. The number of nitrogens with zero attached hydrogens (tertiary/aromatic N) is 2. The molecule has 2 aromatic carbocycles. The number of rotatable bonds is 4. The van der Waals surface area contributed by atoms with Crippen LogP contribution in [0.2, 0.25) is 0 Å². The molecule has 6 nitrogen and oxygen atoms in total. The predicted molar refractivity (Wildman–Crippen MR) is 110 cm³/mol. The Morgan fingerprint density at radius 1 is 1.11 bits per heavy atom. The maximum Gasteiger partial charge on any atom is 0.272 e. The number of para-hydroxylation sites is 1. The van der Waals surface area contributed by atoms with Crippen molar-refractivity contribution < 1.29 is 14.3 Å². The van der Waals surface area contributed by atoms with Crippen molar-refractivity contribution in [2.75, 3.05) is 12.0 Å². The Bertz CT molecular complexity index is 1030. The smallest absolute Gasteiger partial charge is 0.272 e. The molecule has 2 amide bonds. The molecule has 2 N–H and O–H groups in total. The van der Waals surface area contributed by atoms with Gasteiger partial charge in [0.2, 0.25) is 0 Å². The number of thioether (sulfide) groups is 1. The molecule has 142 valence electrons. The molecule has 2 aromatic rings. The van der Waals surface area contributed by atoms with Gasteiger partial charge < -0.3 is 10.5 Å². The highest BCUT2D eigenvalue weighted by Crippen LogP contribution is 2.46. The highest BCUT2D eigenvalue weighted by molar-refractivity contribution is 8.18. The highest BCUT2D eigenvalue weighted by atomic mass is 32.2. The average molecular weight is 393 g/mol. The van der Waals surface area contributed by atoms with Crippen molar-refractivity contribution in [2.45, 2.75) is 19.4 Å². The van der Waals surface area contributed by atoms with Crippen LogP contribution >= 0.6 is 11.8 Å². The molecule has 0 aliphatic carbocycles. The van der Waals surface area contributed by atoms with Crippen molar-refractivity contribution in [3.8, 4) is 5.75 Å². The van der Waals surface area contributed by atoms with E-state index in [9.17, 15) is 9.59 Å². The van der Waals surface area contributed by atoms with Crippen molar-refractivity contribution in [3.05, 3.63) is 70.1 Å². The SMILES string of the molecule is CCc1ccc(N2C(=O)C3=C(C2=O)[C@H](c2ccccc2OC)N=C(N)S3)cc1. The largest absolute Gasteiger partial charge is 0.496 e. The monoisotopic (exact) mass is 393 g/mol. The highest BCUT2D eigenvalue weighted by Gasteiger charge is 2.46. The van der Waals surface area contributed by atoms with Gasteiger partial charge in [-0.2, -0.15) is 0 Å². The van der Waals surface area contributed by atoms with E-state index >= 15 is 0 Å². The number of amidine groups is 1. The first-order valence-electron chi connectivity index (χ1n) is 8.91. The molecular formula is C21H19N3O3S. The zero-order valence-electron chi connectivity index (χ0n) is 15.5. The number of carbonyl (C=O) groups is 2. The lowest BCUT2D eigenvalue weighted by Gasteiger charge is -2.21. The van der Waals surface area contributed by atoms with Crippen molar-refractivity contribution in [1.82, 2.24) is 0 Å². The molecule has 28 heavy (non-hydrogen) atoms. The summed E-state index contributed by atoms with van der Waals surface area (Å²) in [4.78, 5) is 32.3. The maximum atomic E-state index is 13.3. The Morgan fingerprint density at radius 3 is 2.50 bits per heavy atom. The molecule has 2 aliphatic heterocycles. The van der Waals surface area contributed by atoms with Gasteiger partial charge >= 0.3 is 0 Å². The molecule has 0 bridgehead atoms. The molecule has 0 aromatic heterocycles. The quantitative estimate of drug-likeness (QED) is 0.807. The van der Waals surface area contributed by atoms with Crippen LogP contribution in [0.1, 0.15) is 24.1 Å². The summed E-state index contributed by atoms with van der Waals surface area (Å²) in [6.07, 6.45) is 0.882. The summed E-state index contributed by atoms with van der Waals surface area (Å²) in [5, 5.41) is 0.249. The minimum atomic E-state index is -0.677. The molecule has 0 spiro atoms. The van der Waals surface area contributed by atoms with E-state index in [0.29, 0.717) is 27.5 Å². The number of anilines is 1. The van der Waals surface area contributed by atoms with E-state index < -0.39 is 6.04 Å². The molecule has 7 heteroatoms. The summed E-state index contributed by atoms with van der Waals surface area (Å²) in [6.45, 7) is 2.05. The third-order valence-corrected chi connectivity index (χ3v) is 5.76. The fourth-order valence-corrected chi connectivity index (χ4v) is 4.28. The first-order valence-corrected chi connectivity index (χ1v) is 9.72. The minimum Gasteiger partial charge on any atom is -0.496 e. The number of aliphatic imine (C=N–C) groups is 1. The van der Waals surface area contributed by atoms with Crippen LogP contribution in [0.3, 0.4) is 0 Å². The summed E-state index contributed by atoms with van der Waals surface area (Å²) in [6, 6.07) is 14.1. The average Bonchev–Trinajstić information content (AvgIpc) is 2.97. The predicted octanol–water partition coefficient (Wildman–Crippen LogP) is 3.19. The van der Waals surface area contributed by atoms with E-state index in [-0.39, 0.29) is 17.0 Å². The molecular weight excluding hydrogens is 374 g/mol. The number of aryl methyl sites for hydroxylation is 1. The van der Waals surface area contributed by atoms with Crippen LogP contribution in [0.5, 0.6) is 5.75 Å².